The highest BCUT2D eigenvalue weighted by molar-refractivity contribution is 5.27. The summed E-state index contributed by atoms with van der Waals surface area (Å²) < 4.78 is 5.23. The molecule has 2 atom stereocenters. The third-order valence-electron chi connectivity index (χ3n) is 3.56. The van der Waals surface area contributed by atoms with Gasteiger partial charge in [-0.05, 0) is 49.8 Å². The van der Waals surface area contributed by atoms with Crippen molar-refractivity contribution in [1.82, 2.24) is 10.3 Å². The van der Waals surface area contributed by atoms with Crippen LogP contribution in [0.25, 0.3) is 0 Å². The highest BCUT2D eigenvalue weighted by Crippen LogP contribution is 2.35. The SMILES string of the molecule is CCCNC1CCC(c2cncc(OC)c2)C1. The van der Waals surface area contributed by atoms with Gasteiger partial charge in [-0.15, -0.1) is 0 Å². The lowest BCUT2D eigenvalue weighted by Gasteiger charge is -2.13. The molecule has 0 aromatic carbocycles. The second kappa shape index (κ2) is 6.01. The zero-order valence-corrected chi connectivity index (χ0v) is 10.8. The van der Waals surface area contributed by atoms with Gasteiger partial charge in [0.2, 0.25) is 0 Å². The smallest absolute Gasteiger partial charge is 0.137 e. The van der Waals surface area contributed by atoms with Crippen LogP contribution in [0.3, 0.4) is 0 Å². The molecule has 0 aliphatic heterocycles. The molecule has 1 N–H and O–H groups in total. The van der Waals surface area contributed by atoms with Crippen LogP contribution in [-0.2, 0) is 0 Å². The van der Waals surface area contributed by atoms with E-state index >= 15 is 0 Å². The minimum Gasteiger partial charge on any atom is -0.495 e. The lowest BCUT2D eigenvalue weighted by atomic mass is 9.99. The standard InChI is InChI=1S/C14H22N2O/c1-3-6-16-13-5-4-11(7-13)12-8-14(17-2)10-15-9-12/h8-11,13,16H,3-7H2,1-2H3. The van der Waals surface area contributed by atoms with Crippen LogP contribution in [0.5, 0.6) is 5.75 Å². The van der Waals surface area contributed by atoms with E-state index in [1.165, 1.54) is 31.2 Å². The first-order chi connectivity index (χ1) is 8.33. The van der Waals surface area contributed by atoms with Gasteiger partial charge in [-0.1, -0.05) is 6.92 Å². The average Bonchev–Trinajstić information content (AvgIpc) is 2.85. The third-order valence-corrected chi connectivity index (χ3v) is 3.56. The van der Waals surface area contributed by atoms with Crippen LogP contribution in [0.4, 0.5) is 0 Å². The van der Waals surface area contributed by atoms with Crippen LogP contribution >= 0.6 is 0 Å². The fraction of sp³-hybridized carbons (Fsp3) is 0.643. The lowest BCUT2D eigenvalue weighted by molar-refractivity contribution is 0.411. The third kappa shape index (κ3) is 3.19. The molecule has 0 amide bonds. The fourth-order valence-corrected chi connectivity index (χ4v) is 2.59. The monoisotopic (exact) mass is 234 g/mol. The van der Waals surface area contributed by atoms with E-state index < -0.39 is 0 Å². The van der Waals surface area contributed by atoms with Crippen LogP contribution in [0.1, 0.15) is 44.1 Å². The molecule has 2 unspecified atom stereocenters. The molecule has 0 spiro atoms. The zero-order chi connectivity index (χ0) is 12.1. The maximum Gasteiger partial charge on any atom is 0.137 e. The molecule has 1 heterocycles. The molecule has 1 aliphatic rings. The molecule has 1 aromatic heterocycles. The Bertz CT molecular complexity index is 354. The van der Waals surface area contributed by atoms with Gasteiger partial charge in [0.1, 0.15) is 5.75 Å². The first kappa shape index (κ1) is 12.4. The molecule has 3 heteroatoms. The van der Waals surface area contributed by atoms with Crippen LogP contribution in [0, 0.1) is 0 Å². The molecule has 94 valence electrons. The Labute approximate surface area is 104 Å². The van der Waals surface area contributed by atoms with Crippen LogP contribution in [0.15, 0.2) is 18.5 Å². The summed E-state index contributed by atoms with van der Waals surface area (Å²) in [5.74, 6) is 1.51. The first-order valence-corrected chi connectivity index (χ1v) is 6.55. The van der Waals surface area contributed by atoms with Gasteiger partial charge in [0.15, 0.2) is 0 Å². The number of nitrogens with one attached hydrogen (secondary N) is 1. The van der Waals surface area contributed by atoms with E-state index in [4.69, 9.17) is 4.74 Å². The summed E-state index contributed by atoms with van der Waals surface area (Å²) in [5, 5.41) is 3.61. The first-order valence-electron chi connectivity index (χ1n) is 6.55. The van der Waals surface area contributed by atoms with E-state index in [-0.39, 0.29) is 0 Å². The molecule has 3 nitrogen and oxygen atoms in total. The second-order valence-electron chi connectivity index (χ2n) is 4.82. The number of pyridine rings is 1. The molecular weight excluding hydrogens is 212 g/mol. The maximum absolute atomic E-state index is 5.23. The summed E-state index contributed by atoms with van der Waals surface area (Å²) in [6.07, 6.45) is 8.73. The van der Waals surface area contributed by atoms with Gasteiger partial charge in [0.25, 0.3) is 0 Å². The normalized spacial score (nSPS) is 23.9. The van der Waals surface area contributed by atoms with Crippen molar-refractivity contribution in [2.24, 2.45) is 0 Å². The topological polar surface area (TPSA) is 34.2 Å². The van der Waals surface area contributed by atoms with E-state index in [0.29, 0.717) is 12.0 Å². The minimum atomic E-state index is 0.645. The molecule has 2 rings (SSSR count). The van der Waals surface area contributed by atoms with Crippen molar-refractivity contribution in [2.45, 2.75) is 44.6 Å². The number of hydrogen-bond donors (Lipinski definition) is 1. The van der Waals surface area contributed by atoms with Gasteiger partial charge >= 0.3 is 0 Å². The average molecular weight is 234 g/mol. The van der Waals surface area contributed by atoms with Crippen molar-refractivity contribution in [3.05, 3.63) is 24.0 Å². The number of rotatable bonds is 5. The van der Waals surface area contributed by atoms with E-state index in [1.807, 2.05) is 6.20 Å². The molecule has 0 saturated heterocycles. The van der Waals surface area contributed by atoms with Crippen LogP contribution < -0.4 is 10.1 Å². The van der Waals surface area contributed by atoms with Gasteiger partial charge < -0.3 is 10.1 Å². The van der Waals surface area contributed by atoms with Crippen molar-refractivity contribution in [1.29, 1.82) is 0 Å². The van der Waals surface area contributed by atoms with E-state index in [9.17, 15) is 0 Å². The number of aromatic nitrogens is 1. The lowest BCUT2D eigenvalue weighted by Crippen LogP contribution is -2.26. The Morgan fingerprint density at radius 3 is 3.06 bits per heavy atom. The predicted octanol–water partition coefficient (Wildman–Crippen LogP) is 2.73. The van der Waals surface area contributed by atoms with Gasteiger partial charge in [0, 0.05) is 12.2 Å². The highest BCUT2D eigenvalue weighted by atomic mass is 16.5. The van der Waals surface area contributed by atoms with Crippen molar-refractivity contribution in [3.63, 3.8) is 0 Å². The molecule has 0 radical (unpaired) electrons. The summed E-state index contributed by atoms with van der Waals surface area (Å²) in [6.45, 7) is 3.35. The van der Waals surface area contributed by atoms with Crippen molar-refractivity contribution in [2.75, 3.05) is 13.7 Å². The minimum absolute atomic E-state index is 0.645. The van der Waals surface area contributed by atoms with E-state index in [1.54, 1.807) is 13.3 Å². The van der Waals surface area contributed by atoms with Crippen molar-refractivity contribution < 1.29 is 4.74 Å². The Balaban J connectivity index is 1.94. The summed E-state index contributed by atoms with van der Waals surface area (Å²) in [5.41, 5.74) is 1.32. The largest absolute Gasteiger partial charge is 0.495 e. The summed E-state index contributed by atoms with van der Waals surface area (Å²) in [7, 11) is 1.70. The van der Waals surface area contributed by atoms with Gasteiger partial charge in [-0.2, -0.15) is 0 Å². The fourth-order valence-electron chi connectivity index (χ4n) is 2.59. The number of hydrogen-bond acceptors (Lipinski definition) is 3. The molecular formula is C14H22N2O. The summed E-state index contributed by atoms with van der Waals surface area (Å²) in [4.78, 5) is 4.24. The van der Waals surface area contributed by atoms with Gasteiger partial charge in [-0.25, -0.2) is 0 Å². The molecule has 1 aromatic rings. The second-order valence-corrected chi connectivity index (χ2v) is 4.82. The van der Waals surface area contributed by atoms with Crippen molar-refractivity contribution >= 4 is 0 Å². The molecule has 0 bridgehead atoms. The Kier molecular flexibility index (Phi) is 4.37. The van der Waals surface area contributed by atoms with Crippen molar-refractivity contribution in [3.8, 4) is 5.75 Å². The zero-order valence-electron chi connectivity index (χ0n) is 10.8. The number of nitrogens with zero attached hydrogens (tertiary/aromatic N) is 1. The van der Waals surface area contributed by atoms with Crippen LogP contribution in [0.2, 0.25) is 0 Å². The van der Waals surface area contributed by atoms with Gasteiger partial charge in [0.05, 0.1) is 13.3 Å². The van der Waals surface area contributed by atoms with Gasteiger partial charge in [-0.3, -0.25) is 4.98 Å². The number of ether oxygens (including phenoxy) is 1. The molecule has 17 heavy (non-hydrogen) atoms. The predicted molar refractivity (Wildman–Crippen MR) is 69.5 cm³/mol. The molecule has 1 saturated carbocycles. The number of methoxy groups -OCH3 is 1. The Hall–Kier alpha value is -1.09. The quantitative estimate of drug-likeness (QED) is 0.850. The molecule has 1 aliphatic carbocycles. The van der Waals surface area contributed by atoms with Crippen LogP contribution in [-0.4, -0.2) is 24.7 Å². The Morgan fingerprint density at radius 1 is 1.41 bits per heavy atom. The molecule has 1 fully saturated rings. The van der Waals surface area contributed by atoms with E-state index in [2.05, 4.69) is 23.3 Å². The highest BCUT2D eigenvalue weighted by Gasteiger charge is 2.25. The Morgan fingerprint density at radius 2 is 2.29 bits per heavy atom. The van der Waals surface area contributed by atoms with E-state index in [0.717, 1.165) is 12.3 Å². The summed E-state index contributed by atoms with van der Waals surface area (Å²) in [6, 6.07) is 2.81. The maximum atomic E-state index is 5.23. The summed E-state index contributed by atoms with van der Waals surface area (Å²) >= 11 is 0.